The first-order chi connectivity index (χ1) is 6.09. The minimum atomic E-state index is 0.0631. The highest BCUT2D eigenvalue weighted by Gasteiger charge is 2.08. The van der Waals surface area contributed by atoms with Crippen molar-refractivity contribution in [3.05, 3.63) is 28.5 Å². The minimum Gasteiger partial charge on any atom is -0.323 e. The zero-order valence-electron chi connectivity index (χ0n) is 8.00. The van der Waals surface area contributed by atoms with Crippen LogP contribution in [0.2, 0.25) is 0 Å². The zero-order valence-corrected chi connectivity index (χ0v) is 9.58. The molecule has 0 saturated heterocycles. The molecule has 0 bridgehead atoms. The van der Waals surface area contributed by atoms with Gasteiger partial charge in [0, 0.05) is 16.7 Å². The Morgan fingerprint density at radius 2 is 2.15 bits per heavy atom. The van der Waals surface area contributed by atoms with E-state index in [9.17, 15) is 0 Å². The zero-order chi connectivity index (χ0) is 9.84. The van der Waals surface area contributed by atoms with Crippen LogP contribution >= 0.6 is 15.9 Å². The number of aromatic nitrogens is 1. The lowest BCUT2D eigenvalue weighted by Gasteiger charge is -2.12. The Hall–Kier alpha value is -0.410. The fourth-order valence-corrected chi connectivity index (χ4v) is 1.47. The van der Waals surface area contributed by atoms with Gasteiger partial charge in [-0.2, -0.15) is 0 Å². The lowest BCUT2D eigenvalue weighted by atomic mass is 10.0. The van der Waals surface area contributed by atoms with Gasteiger partial charge in [-0.1, -0.05) is 13.8 Å². The molecule has 1 atom stereocenters. The summed E-state index contributed by atoms with van der Waals surface area (Å²) in [6.45, 7) is 4.33. The molecule has 0 saturated carbocycles. The molecule has 13 heavy (non-hydrogen) atoms. The SMILES string of the molecule is CC(C)C[C@H](N)c1ccc(Br)cn1. The molecule has 0 unspecified atom stereocenters. The summed E-state index contributed by atoms with van der Waals surface area (Å²) in [5.41, 5.74) is 6.94. The number of rotatable bonds is 3. The van der Waals surface area contributed by atoms with Crippen LogP contribution in [0.15, 0.2) is 22.8 Å². The Morgan fingerprint density at radius 3 is 2.62 bits per heavy atom. The Morgan fingerprint density at radius 1 is 1.46 bits per heavy atom. The number of hydrogen-bond acceptors (Lipinski definition) is 2. The van der Waals surface area contributed by atoms with E-state index in [1.165, 1.54) is 0 Å². The molecule has 1 aromatic rings. The van der Waals surface area contributed by atoms with Crippen LogP contribution < -0.4 is 5.73 Å². The molecule has 1 heterocycles. The normalized spacial score (nSPS) is 13.3. The van der Waals surface area contributed by atoms with Crippen LogP contribution in [0.4, 0.5) is 0 Å². The lowest BCUT2D eigenvalue weighted by Crippen LogP contribution is -2.14. The van der Waals surface area contributed by atoms with Crippen LogP contribution in [0.25, 0.3) is 0 Å². The maximum absolute atomic E-state index is 5.97. The predicted octanol–water partition coefficient (Wildman–Crippen LogP) is 2.89. The lowest BCUT2D eigenvalue weighted by molar-refractivity contribution is 0.502. The third kappa shape index (κ3) is 3.44. The molecular formula is C10H15BrN2. The van der Waals surface area contributed by atoms with Gasteiger partial charge < -0.3 is 5.73 Å². The predicted molar refractivity (Wildman–Crippen MR) is 58.3 cm³/mol. The molecule has 0 amide bonds. The fourth-order valence-electron chi connectivity index (χ4n) is 1.24. The van der Waals surface area contributed by atoms with Crippen molar-refractivity contribution in [1.29, 1.82) is 0 Å². The topological polar surface area (TPSA) is 38.9 Å². The molecule has 0 aliphatic carbocycles. The molecular weight excluding hydrogens is 228 g/mol. The molecule has 3 heteroatoms. The smallest absolute Gasteiger partial charge is 0.0571 e. The Kier molecular flexibility index (Phi) is 3.88. The molecule has 0 fully saturated rings. The van der Waals surface area contributed by atoms with Gasteiger partial charge in [-0.25, -0.2) is 0 Å². The van der Waals surface area contributed by atoms with Gasteiger partial charge in [0.05, 0.1) is 5.69 Å². The van der Waals surface area contributed by atoms with Crippen molar-refractivity contribution >= 4 is 15.9 Å². The maximum Gasteiger partial charge on any atom is 0.0571 e. The number of nitrogens with two attached hydrogens (primary N) is 1. The summed E-state index contributed by atoms with van der Waals surface area (Å²) in [6.07, 6.45) is 2.77. The van der Waals surface area contributed by atoms with Gasteiger partial charge in [-0.3, -0.25) is 4.98 Å². The third-order valence-electron chi connectivity index (χ3n) is 1.86. The third-order valence-corrected chi connectivity index (χ3v) is 2.32. The van der Waals surface area contributed by atoms with Gasteiger partial charge in [0.25, 0.3) is 0 Å². The second kappa shape index (κ2) is 4.72. The molecule has 72 valence electrons. The van der Waals surface area contributed by atoms with E-state index in [0.29, 0.717) is 5.92 Å². The van der Waals surface area contributed by atoms with Crippen LogP contribution in [-0.4, -0.2) is 4.98 Å². The molecule has 2 nitrogen and oxygen atoms in total. The summed E-state index contributed by atoms with van der Waals surface area (Å²) >= 11 is 3.34. The standard InChI is InChI=1S/C10H15BrN2/c1-7(2)5-9(12)10-4-3-8(11)6-13-10/h3-4,6-7,9H,5,12H2,1-2H3/t9-/m0/s1. The monoisotopic (exact) mass is 242 g/mol. The first-order valence-electron chi connectivity index (χ1n) is 4.46. The van der Waals surface area contributed by atoms with Crippen LogP contribution in [-0.2, 0) is 0 Å². The van der Waals surface area contributed by atoms with E-state index in [1.54, 1.807) is 6.20 Å². The van der Waals surface area contributed by atoms with Gasteiger partial charge >= 0.3 is 0 Å². The van der Waals surface area contributed by atoms with E-state index in [2.05, 4.69) is 34.8 Å². The number of nitrogens with zero attached hydrogens (tertiary/aromatic N) is 1. The van der Waals surface area contributed by atoms with Crippen molar-refractivity contribution in [3.8, 4) is 0 Å². The van der Waals surface area contributed by atoms with Crippen molar-refractivity contribution in [1.82, 2.24) is 4.98 Å². The van der Waals surface area contributed by atoms with Crippen LogP contribution in [0, 0.1) is 5.92 Å². The van der Waals surface area contributed by atoms with E-state index < -0.39 is 0 Å². The van der Waals surface area contributed by atoms with E-state index in [4.69, 9.17) is 5.73 Å². The first kappa shape index (κ1) is 10.7. The summed E-state index contributed by atoms with van der Waals surface area (Å²) < 4.78 is 0.994. The Balaban J connectivity index is 2.66. The van der Waals surface area contributed by atoms with Crippen molar-refractivity contribution in [2.24, 2.45) is 11.7 Å². The minimum absolute atomic E-state index is 0.0631. The summed E-state index contributed by atoms with van der Waals surface area (Å²) in [4.78, 5) is 4.26. The second-order valence-corrected chi connectivity index (χ2v) is 4.55. The molecule has 0 aliphatic heterocycles. The van der Waals surface area contributed by atoms with E-state index in [1.807, 2.05) is 12.1 Å². The van der Waals surface area contributed by atoms with Crippen molar-refractivity contribution in [2.45, 2.75) is 26.3 Å². The largest absolute Gasteiger partial charge is 0.323 e. The number of hydrogen-bond donors (Lipinski definition) is 1. The molecule has 0 radical (unpaired) electrons. The fraction of sp³-hybridized carbons (Fsp3) is 0.500. The highest BCUT2D eigenvalue weighted by atomic mass is 79.9. The quantitative estimate of drug-likeness (QED) is 0.886. The van der Waals surface area contributed by atoms with Crippen LogP contribution in [0.3, 0.4) is 0 Å². The average Bonchev–Trinajstić information content (AvgIpc) is 2.04. The van der Waals surface area contributed by atoms with Crippen molar-refractivity contribution in [3.63, 3.8) is 0 Å². The summed E-state index contributed by atoms with van der Waals surface area (Å²) in [7, 11) is 0. The Bertz CT molecular complexity index is 256. The van der Waals surface area contributed by atoms with Crippen LogP contribution in [0.5, 0.6) is 0 Å². The van der Waals surface area contributed by atoms with Gasteiger partial charge in [0.1, 0.15) is 0 Å². The van der Waals surface area contributed by atoms with Gasteiger partial charge in [-0.15, -0.1) is 0 Å². The van der Waals surface area contributed by atoms with Gasteiger partial charge in [0.15, 0.2) is 0 Å². The highest BCUT2D eigenvalue weighted by Crippen LogP contribution is 2.18. The summed E-state index contributed by atoms with van der Waals surface area (Å²) in [5.74, 6) is 0.612. The molecule has 2 N–H and O–H groups in total. The average molecular weight is 243 g/mol. The van der Waals surface area contributed by atoms with Crippen molar-refractivity contribution < 1.29 is 0 Å². The molecule has 1 rings (SSSR count). The molecule has 0 aromatic carbocycles. The van der Waals surface area contributed by atoms with Gasteiger partial charge in [-0.05, 0) is 40.4 Å². The van der Waals surface area contributed by atoms with E-state index >= 15 is 0 Å². The summed E-state index contributed by atoms with van der Waals surface area (Å²) in [6, 6.07) is 4.01. The van der Waals surface area contributed by atoms with Crippen LogP contribution in [0.1, 0.15) is 32.0 Å². The number of pyridine rings is 1. The second-order valence-electron chi connectivity index (χ2n) is 3.64. The number of halogens is 1. The van der Waals surface area contributed by atoms with E-state index in [-0.39, 0.29) is 6.04 Å². The van der Waals surface area contributed by atoms with Crippen molar-refractivity contribution in [2.75, 3.05) is 0 Å². The van der Waals surface area contributed by atoms with Gasteiger partial charge in [0.2, 0.25) is 0 Å². The highest BCUT2D eigenvalue weighted by molar-refractivity contribution is 9.10. The molecule has 0 aliphatic rings. The molecule has 0 spiro atoms. The molecule has 1 aromatic heterocycles. The summed E-state index contributed by atoms with van der Waals surface area (Å²) in [5, 5.41) is 0. The first-order valence-corrected chi connectivity index (χ1v) is 5.26. The van der Waals surface area contributed by atoms with E-state index in [0.717, 1.165) is 16.6 Å². The maximum atomic E-state index is 5.97. The Labute approximate surface area is 87.7 Å².